The van der Waals surface area contributed by atoms with Gasteiger partial charge in [0.05, 0.1) is 11.7 Å². The van der Waals surface area contributed by atoms with Crippen LogP contribution in [0.15, 0.2) is 36.4 Å². The first kappa shape index (κ1) is 22.8. The van der Waals surface area contributed by atoms with Crippen LogP contribution in [0.1, 0.15) is 59.7 Å². The predicted octanol–water partition coefficient (Wildman–Crippen LogP) is 1.84. The zero-order valence-corrected chi connectivity index (χ0v) is 19.8. The van der Waals surface area contributed by atoms with E-state index >= 15 is 0 Å². The maximum atomic E-state index is 14.0. The molecule has 1 heterocycles. The molecule has 0 bridgehead atoms. The van der Waals surface area contributed by atoms with Gasteiger partial charge in [0.25, 0.3) is 5.79 Å². The topological polar surface area (TPSA) is 125 Å². The lowest BCUT2D eigenvalue weighted by Gasteiger charge is -2.37. The highest BCUT2D eigenvalue weighted by atomic mass is 16.6. The van der Waals surface area contributed by atoms with Crippen LogP contribution in [0, 0.1) is 5.92 Å². The molecule has 0 aromatic heterocycles. The minimum atomic E-state index is -2.18. The molecule has 5 unspecified atom stereocenters. The standard InChI is InChI=1S/C26H31N3O5/c1-13(15-8-9-15)16-10-11-17-20(12-16)34-26(33)18-6-5-7-19(27)21(18)23(31)25(17,26)28-24(32)22(14(2)30)29(3)4/h5-7,10-15,22,30,33H,8-9,27H2,1-4H3,(H,28,32). The van der Waals surface area contributed by atoms with Crippen LogP contribution in [0.4, 0.5) is 5.69 Å². The van der Waals surface area contributed by atoms with E-state index in [1.807, 2.05) is 12.1 Å². The molecule has 2 aromatic rings. The molecule has 3 aliphatic rings. The average molecular weight is 466 g/mol. The number of hydrogen-bond donors (Lipinski definition) is 4. The molecule has 0 spiro atoms. The van der Waals surface area contributed by atoms with Crippen LogP contribution in [0.25, 0.3) is 0 Å². The Labute approximate surface area is 198 Å². The minimum Gasteiger partial charge on any atom is -0.454 e. The third-order valence-electron chi connectivity index (χ3n) is 7.65. The van der Waals surface area contributed by atoms with Gasteiger partial charge in [0.15, 0.2) is 0 Å². The lowest BCUT2D eigenvalue weighted by atomic mass is 9.81. The van der Waals surface area contributed by atoms with Gasteiger partial charge in [-0.25, -0.2) is 0 Å². The summed E-state index contributed by atoms with van der Waals surface area (Å²) in [6.45, 7) is 3.66. The number of ketones is 1. The zero-order valence-electron chi connectivity index (χ0n) is 19.8. The molecule has 5 rings (SSSR count). The van der Waals surface area contributed by atoms with Crippen molar-refractivity contribution in [1.82, 2.24) is 10.2 Å². The van der Waals surface area contributed by atoms with Crippen molar-refractivity contribution in [3.05, 3.63) is 58.7 Å². The number of nitrogens with one attached hydrogen (secondary N) is 1. The Bertz CT molecular complexity index is 1180. The number of likely N-dealkylation sites (N-methyl/N-ethyl adjacent to an activating group) is 1. The summed E-state index contributed by atoms with van der Waals surface area (Å²) in [5, 5.41) is 25.1. The van der Waals surface area contributed by atoms with Crippen molar-refractivity contribution in [2.45, 2.75) is 56.1 Å². The first-order valence-electron chi connectivity index (χ1n) is 11.7. The first-order valence-corrected chi connectivity index (χ1v) is 11.7. The van der Waals surface area contributed by atoms with Crippen molar-refractivity contribution < 1.29 is 24.5 Å². The second-order valence-electron chi connectivity index (χ2n) is 10.1. The number of carbonyl (C=O) groups is 2. The molecule has 0 radical (unpaired) electrons. The summed E-state index contributed by atoms with van der Waals surface area (Å²) >= 11 is 0. The Hall–Kier alpha value is -2.94. The van der Waals surface area contributed by atoms with Crippen LogP contribution >= 0.6 is 0 Å². The third-order valence-corrected chi connectivity index (χ3v) is 7.65. The molecule has 1 fully saturated rings. The molecule has 2 aliphatic carbocycles. The average Bonchev–Trinajstić information content (AvgIpc) is 3.55. The number of benzene rings is 2. The molecule has 1 amide bonds. The molecule has 2 aromatic carbocycles. The number of fused-ring (bicyclic) bond motifs is 5. The van der Waals surface area contributed by atoms with E-state index in [4.69, 9.17) is 10.5 Å². The molecule has 8 heteroatoms. The lowest BCUT2D eigenvalue weighted by Crippen LogP contribution is -2.64. The van der Waals surface area contributed by atoms with Crippen LogP contribution in [-0.4, -0.2) is 53.0 Å². The number of rotatable bonds is 6. The summed E-state index contributed by atoms with van der Waals surface area (Å²) in [6, 6.07) is 9.41. The number of carbonyl (C=O) groups excluding carboxylic acids is 2. The van der Waals surface area contributed by atoms with E-state index in [0.717, 1.165) is 5.56 Å². The summed E-state index contributed by atoms with van der Waals surface area (Å²) in [4.78, 5) is 29.0. The Kier molecular flexibility index (Phi) is 5.06. The first-order chi connectivity index (χ1) is 16.0. The highest BCUT2D eigenvalue weighted by molar-refractivity contribution is 6.15. The van der Waals surface area contributed by atoms with Gasteiger partial charge in [-0.05, 0) is 63.4 Å². The summed E-state index contributed by atoms with van der Waals surface area (Å²) in [5.74, 6) is -2.03. The highest BCUT2D eigenvalue weighted by Gasteiger charge is 2.72. The highest BCUT2D eigenvalue weighted by Crippen LogP contribution is 2.59. The van der Waals surface area contributed by atoms with E-state index in [0.29, 0.717) is 23.1 Å². The predicted molar refractivity (Wildman–Crippen MR) is 126 cm³/mol. The number of nitrogen functional groups attached to an aromatic ring is 1. The summed E-state index contributed by atoms with van der Waals surface area (Å²) in [7, 11) is 3.32. The summed E-state index contributed by atoms with van der Waals surface area (Å²) in [6.07, 6.45) is 1.34. The molecule has 180 valence electrons. The van der Waals surface area contributed by atoms with Gasteiger partial charge in [-0.2, -0.15) is 0 Å². The molecule has 0 saturated heterocycles. The van der Waals surface area contributed by atoms with Crippen LogP contribution in [0.5, 0.6) is 5.75 Å². The number of amides is 1. The fourth-order valence-corrected chi connectivity index (χ4v) is 5.68. The number of anilines is 1. The van der Waals surface area contributed by atoms with E-state index < -0.39 is 35.2 Å². The normalized spacial score (nSPS) is 27.4. The summed E-state index contributed by atoms with van der Waals surface area (Å²) < 4.78 is 6.15. The van der Waals surface area contributed by atoms with E-state index in [-0.39, 0.29) is 16.8 Å². The van der Waals surface area contributed by atoms with E-state index in [1.165, 1.54) is 19.8 Å². The van der Waals surface area contributed by atoms with E-state index in [1.54, 1.807) is 43.3 Å². The van der Waals surface area contributed by atoms with Gasteiger partial charge in [-0.1, -0.05) is 31.2 Å². The van der Waals surface area contributed by atoms with Crippen LogP contribution < -0.4 is 15.8 Å². The van der Waals surface area contributed by atoms with Gasteiger partial charge >= 0.3 is 0 Å². The maximum Gasteiger partial charge on any atom is 0.271 e. The van der Waals surface area contributed by atoms with Crippen molar-refractivity contribution in [2.24, 2.45) is 5.92 Å². The smallest absolute Gasteiger partial charge is 0.271 e. The maximum absolute atomic E-state index is 14.0. The number of Topliss-reactive ketones (excluding diaryl/α,β-unsaturated/α-hetero) is 1. The van der Waals surface area contributed by atoms with Crippen molar-refractivity contribution in [3.63, 3.8) is 0 Å². The minimum absolute atomic E-state index is 0.129. The monoisotopic (exact) mass is 465 g/mol. The number of aliphatic hydroxyl groups excluding tert-OH is 1. The molecule has 5 N–H and O–H groups in total. The molecular formula is C26H31N3O5. The number of ether oxygens (including phenoxy) is 1. The lowest BCUT2D eigenvalue weighted by molar-refractivity contribution is -0.177. The molecule has 34 heavy (non-hydrogen) atoms. The quantitative estimate of drug-likeness (QED) is 0.480. The van der Waals surface area contributed by atoms with Gasteiger partial charge in [-0.3, -0.25) is 14.5 Å². The van der Waals surface area contributed by atoms with Crippen LogP contribution in [-0.2, 0) is 16.1 Å². The van der Waals surface area contributed by atoms with Gasteiger partial charge in [0.2, 0.25) is 17.2 Å². The van der Waals surface area contributed by atoms with Crippen molar-refractivity contribution in [3.8, 4) is 5.75 Å². The second kappa shape index (κ2) is 7.53. The van der Waals surface area contributed by atoms with E-state index in [9.17, 15) is 19.8 Å². The molecule has 1 aliphatic heterocycles. The largest absolute Gasteiger partial charge is 0.454 e. The molecular weight excluding hydrogens is 434 g/mol. The fraction of sp³-hybridized carbons (Fsp3) is 0.462. The van der Waals surface area contributed by atoms with Crippen LogP contribution in [0.3, 0.4) is 0 Å². The molecule has 8 nitrogen and oxygen atoms in total. The number of nitrogens with two attached hydrogens (primary N) is 1. The number of nitrogens with zero attached hydrogens (tertiary/aromatic N) is 1. The van der Waals surface area contributed by atoms with Crippen molar-refractivity contribution in [2.75, 3.05) is 19.8 Å². The van der Waals surface area contributed by atoms with Crippen LogP contribution in [0.2, 0.25) is 0 Å². The zero-order chi connectivity index (χ0) is 24.6. The third kappa shape index (κ3) is 2.95. The van der Waals surface area contributed by atoms with Crippen molar-refractivity contribution in [1.29, 1.82) is 0 Å². The Morgan fingerprint density at radius 2 is 1.91 bits per heavy atom. The van der Waals surface area contributed by atoms with E-state index in [2.05, 4.69) is 12.2 Å². The SMILES string of the molecule is CC(O)C(C(=O)NC12C(=O)c3c(N)cccc3C1(O)Oc1cc(C(C)C3CC3)ccc12)N(C)C. The Morgan fingerprint density at radius 3 is 2.53 bits per heavy atom. The number of hydrogen-bond acceptors (Lipinski definition) is 7. The molecule has 1 saturated carbocycles. The van der Waals surface area contributed by atoms with Crippen molar-refractivity contribution >= 4 is 17.4 Å². The summed E-state index contributed by atoms with van der Waals surface area (Å²) in [5.41, 5.74) is 6.19. The Morgan fingerprint density at radius 1 is 1.21 bits per heavy atom. The fourth-order valence-electron chi connectivity index (χ4n) is 5.68. The van der Waals surface area contributed by atoms with Gasteiger partial charge in [-0.15, -0.1) is 0 Å². The van der Waals surface area contributed by atoms with Gasteiger partial charge in [0.1, 0.15) is 11.8 Å². The van der Waals surface area contributed by atoms with Gasteiger partial charge in [0, 0.05) is 16.8 Å². The number of aliphatic hydroxyl groups is 2. The molecule has 5 atom stereocenters. The second-order valence-corrected chi connectivity index (χ2v) is 10.1. The van der Waals surface area contributed by atoms with Gasteiger partial charge < -0.3 is 26.0 Å². The Balaban J connectivity index is 1.68.